The van der Waals surface area contributed by atoms with E-state index >= 15 is 0 Å². The smallest absolute Gasteiger partial charge is 0.282 e. The lowest BCUT2D eigenvalue weighted by molar-refractivity contribution is -0.0103. The average molecular weight is 366 g/mol. The van der Waals surface area contributed by atoms with E-state index in [1.54, 1.807) is 12.1 Å². The molecule has 0 saturated heterocycles. The molecule has 3 rings (SSSR count). The van der Waals surface area contributed by atoms with Crippen LogP contribution < -0.4 is 9.47 Å². The number of alkyl halides is 2. The maximum Gasteiger partial charge on any atom is 0.282 e. The summed E-state index contributed by atoms with van der Waals surface area (Å²) in [6, 6.07) is 6.25. The Labute approximate surface area is 146 Å². The van der Waals surface area contributed by atoms with Crippen molar-refractivity contribution in [3.63, 3.8) is 0 Å². The van der Waals surface area contributed by atoms with Crippen molar-refractivity contribution in [1.29, 1.82) is 0 Å². The van der Waals surface area contributed by atoms with E-state index in [9.17, 15) is 13.6 Å². The number of hydrogen-bond donors (Lipinski definition) is 1. The van der Waals surface area contributed by atoms with Gasteiger partial charge in [0.05, 0.1) is 19.1 Å². The lowest BCUT2D eigenvalue weighted by Gasteiger charge is -2.13. The average Bonchev–Trinajstić information content (AvgIpc) is 3.27. The van der Waals surface area contributed by atoms with Crippen molar-refractivity contribution in [2.24, 2.45) is 0 Å². The van der Waals surface area contributed by atoms with Crippen molar-refractivity contribution >= 4 is 27.2 Å². The van der Waals surface area contributed by atoms with Crippen molar-refractivity contribution < 1.29 is 23.0 Å². The molecule has 0 fully saturated rings. The molecular weight excluding hydrogens is 350 g/mol. The maximum atomic E-state index is 14.5. The van der Waals surface area contributed by atoms with Gasteiger partial charge in [0.25, 0.3) is 5.92 Å². The fraction of sp³-hybridized carbons (Fsp3) is 0.294. The van der Waals surface area contributed by atoms with Crippen LogP contribution >= 0.6 is 11.3 Å². The van der Waals surface area contributed by atoms with Crippen LogP contribution in [0.25, 0.3) is 10.1 Å². The third kappa shape index (κ3) is 3.48. The first kappa shape index (κ1) is 17.3. The monoisotopic (exact) mass is 366 g/mol. The molecule has 132 valence electrons. The summed E-state index contributed by atoms with van der Waals surface area (Å²) in [5.41, 5.74) is 0.238. The highest BCUT2D eigenvalue weighted by Gasteiger charge is 2.34. The predicted octanol–water partition coefficient (Wildman–Crippen LogP) is 4.40. The van der Waals surface area contributed by atoms with E-state index in [4.69, 9.17) is 9.47 Å². The Balaban J connectivity index is 1.82. The number of carbonyl (C=O) groups excluding carboxylic acids is 1. The van der Waals surface area contributed by atoms with Gasteiger partial charge in [0.15, 0.2) is 17.3 Å². The van der Waals surface area contributed by atoms with Gasteiger partial charge in [-0.1, -0.05) is 0 Å². The number of nitrogens with one attached hydrogen (secondary N) is 1. The van der Waals surface area contributed by atoms with Gasteiger partial charge in [-0.05, 0) is 23.6 Å². The number of Topliss-reactive ketones (excluding diaryl/α,β-unsaturated/α-hetero) is 1. The van der Waals surface area contributed by atoms with Crippen molar-refractivity contribution in [3.05, 3.63) is 41.0 Å². The number of halogens is 2. The molecule has 0 saturated carbocycles. The number of ketones is 1. The second-order valence-corrected chi connectivity index (χ2v) is 6.54. The van der Waals surface area contributed by atoms with Gasteiger partial charge in [0.2, 0.25) is 0 Å². The Morgan fingerprint density at radius 1 is 1.24 bits per heavy atom. The van der Waals surface area contributed by atoms with Gasteiger partial charge in [-0.3, -0.25) is 9.89 Å². The third-order valence-corrected chi connectivity index (χ3v) is 5.06. The van der Waals surface area contributed by atoms with Gasteiger partial charge < -0.3 is 9.47 Å². The van der Waals surface area contributed by atoms with Crippen molar-refractivity contribution in [2.75, 3.05) is 14.2 Å². The van der Waals surface area contributed by atoms with Gasteiger partial charge in [-0.2, -0.15) is 5.10 Å². The van der Waals surface area contributed by atoms with Gasteiger partial charge in [0, 0.05) is 29.8 Å². The Hall–Kier alpha value is -2.48. The highest BCUT2D eigenvalue weighted by molar-refractivity contribution is 7.19. The van der Waals surface area contributed by atoms with E-state index in [0.29, 0.717) is 21.6 Å². The van der Waals surface area contributed by atoms with Crippen LogP contribution in [0.5, 0.6) is 11.5 Å². The molecule has 25 heavy (non-hydrogen) atoms. The molecule has 5 nitrogen and oxygen atoms in total. The van der Waals surface area contributed by atoms with E-state index in [1.807, 2.05) is 0 Å². The zero-order chi connectivity index (χ0) is 18.0. The Morgan fingerprint density at radius 2 is 1.96 bits per heavy atom. The van der Waals surface area contributed by atoms with E-state index in [2.05, 4.69) is 10.2 Å². The third-order valence-electron chi connectivity index (χ3n) is 3.85. The molecule has 1 N–H and O–H groups in total. The van der Waals surface area contributed by atoms with E-state index in [1.165, 1.54) is 32.5 Å². The Morgan fingerprint density at radius 3 is 2.60 bits per heavy atom. The van der Waals surface area contributed by atoms with Crippen LogP contribution in [0.15, 0.2) is 30.5 Å². The summed E-state index contributed by atoms with van der Waals surface area (Å²) in [4.78, 5) is 11.8. The quantitative estimate of drug-likeness (QED) is 0.630. The molecule has 3 aromatic rings. The number of nitrogens with zero attached hydrogens (tertiary/aromatic N) is 1. The fourth-order valence-electron chi connectivity index (χ4n) is 2.49. The molecule has 2 heterocycles. The number of fused-ring (bicyclic) bond motifs is 1. The summed E-state index contributed by atoms with van der Waals surface area (Å²) in [6.45, 7) is 0. The van der Waals surface area contributed by atoms with E-state index in [-0.39, 0.29) is 22.8 Å². The number of carbonyl (C=O) groups is 1. The largest absolute Gasteiger partial charge is 0.493 e. The predicted molar refractivity (Wildman–Crippen MR) is 91.0 cm³/mol. The van der Waals surface area contributed by atoms with Gasteiger partial charge >= 0.3 is 0 Å². The van der Waals surface area contributed by atoms with Crippen LogP contribution in [0.1, 0.15) is 28.2 Å². The number of ether oxygens (including phenoxy) is 2. The molecule has 0 unspecified atom stereocenters. The standard InChI is InChI=1S/C17H16F2N2O3S/c1-23-13-7-10-8-16(25-15(10)9-14(13)24-2)17(18,19)5-3-12(22)11-4-6-20-21-11/h4,6-9H,3,5H2,1-2H3,(H,20,21). The molecule has 0 radical (unpaired) electrons. The zero-order valence-electron chi connectivity index (χ0n) is 13.6. The maximum absolute atomic E-state index is 14.5. The number of methoxy groups -OCH3 is 2. The van der Waals surface area contributed by atoms with E-state index < -0.39 is 12.3 Å². The highest BCUT2D eigenvalue weighted by atomic mass is 32.1. The number of thiophene rings is 1. The highest BCUT2D eigenvalue weighted by Crippen LogP contribution is 2.43. The molecule has 0 aliphatic carbocycles. The lowest BCUT2D eigenvalue weighted by atomic mass is 10.1. The number of aromatic nitrogens is 2. The van der Waals surface area contributed by atoms with Crippen LogP contribution in [-0.4, -0.2) is 30.2 Å². The number of rotatable bonds is 7. The molecular formula is C17H16F2N2O3S. The number of hydrogen-bond acceptors (Lipinski definition) is 5. The lowest BCUT2D eigenvalue weighted by Crippen LogP contribution is -2.14. The molecule has 8 heteroatoms. The minimum absolute atomic E-state index is 0.0878. The normalized spacial score (nSPS) is 11.7. The van der Waals surface area contributed by atoms with Crippen molar-refractivity contribution in [2.45, 2.75) is 18.8 Å². The summed E-state index contributed by atoms with van der Waals surface area (Å²) >= 11 is 0.985. The topological polar surface area (TPSA) is 64.2 Å². The van der Waals surface area contributed by atoms with Crippen LogP contribution in [0, 0.1) is 0 Å². The van der Waals surface area contributed by atoms with Crippen molar-refractivity contribution in [3.8, 4) is 11.5 Å². The molecule has 2 aromatic heterocycles. The SMILES string of the molecule is COc1cc2cc(C(F)(F)CCC(=O)c3ccn[nH]3)sc2cc1OC. The zero-order valence-corrected chi connectivity index (χ0v) is 14.5. The first-order valence-corrected chi connectivity index (χ1v) is 8.32. The van der Waals surface area contributed by atoms with Crippen LogP contribution in [-0.2, 0) is 5.92 Å². The molecule has 0 aliphatic heterocycles. The molecule has 0 atom stereocenters. The first-order valence-electron chi connectivity index (χ1n) is 7.51. The Kier molecular flexibility index (Phi) is 4.71. The van der Waals surface area contributed by atoms with Crippen LogP contribution in [0.2, 0.25) is 0 Å². The Bertz CT molecular complexity index is 850. The molecule has 0 spiro atoms. The van der Waals surface area contributed by atoms with Crippen LogP contribution in [0.3, 0.4) is 0 Å². The molecule has 0 amide bonds. The molecule has 1 aromatic carbocycles. The summed E-state index contributed by atoms with van der Waals surface area (Å²) in [5.74, 6) is -2.51. The molecule has 0 bridgehead atoms. The number of H-pyrrole nitrogens is 1. The number of benzene rings is 1. The molecule has 0 aliphatic rings. The minimum atomic E-state index is -3.10. The summed E-state index contributed by atoms with van der Waals surface area (Å²) < 4.78 is 40.1. The van der Waals surface area contributed by atoms with Crippen LogP contribution in [0.4, 0.5) is 8.78 Å². The summed E-state index contributed by atoms with van der Waals surface area (Å²) in [6.07, 6.45) is 0.583. The first-order chi connectivity index (χ1) is 11.9. The number of aromatic amines is 1. The van der Waals surface area contributed by atoms with Gasteiger partial charge in [-0.15, -0.1) is 11.3 Å². The second-order valence-electron chi connectivity index (χ2n) is 5.45. The summed E-state index contributed by atoms with van der Waals surface area (Å²) in [5, 5.41) is 6.79. The van der Waals surface area contributed by atoms with Crippen molar-refractivity contribution in [1.82, 2.24) is 10.2 Å². The van der Waals surface area contributed by atoms with E-state index in [0.717, 1.165) is 11.3 Å². The van der Waals surface area contributed by atoms with Gasteiger partial charge in [-0.25, -0.2) is 8.78 Å². The second kappa shape index (κ2) is 6.79. The summed E-state index contributed by atoms with van der Waals surface area (Å²) in [7, 11) is 2.99. The fourth-order valence-corrected chi connectivity index (χ4v) is 3.56. The van der Waals surface area contributed by atoms with Gasteiger partial charge in [0.1, 0.15) is 5.69 Å². The minimum Gasteiger partial charge on any atom is -0.493 e.